The summed E-state index contributed by atoms with van der Waals surface area (Å²) in [6, 6.07) is 16.3. The van der Waals surface area contributed by atoms with Gasteiger partial charge in [-0.25, -0.2) is 4.79 Å². The number of likely N-dealkylation sites (N-methyl/N-ethyl adjacent to an activating group) is 1. The summed E-state index contributed by atoms with van der Waals surface area (Å²) in [5.41, 5.74) is 4.00. The Morgan fingerprint density at radius 3 is 2.48 bits per heavy atom. The lowest BCUT2D eigenvalue weighted by Crippen LogP contribution is -2.38. The fourth-order valence-electron chi connectivity index (χ4n) is 3.31. The van der Waals surface area contributed by atoms with Gasteiger partial charge in [0.05, 0.1) is 0 Å². The van der Waals surface area contributed by atoms with Gasteiger partial charge in [-0.05, 0) is 56.5 Å². The number of benzene rings is 2. The minimum atomic E-state index is -0.590. The largest absolute Gasteiger partial charge is 0.444 e. The third-order valence-corrected chi connectivity index (χ3v) is 4.68. The monoisotopic (exact) mass is 395 g/mol. The lowest BCUT2D eigenvalue weighted by molar-refractivity contribution is -0.117. The van der Waals surface area contributed by atoms with E-state index in [1.54, 1.807) is 27.8 Å². The van der Waals surface area contributed by atoms with Gasteiger partial charge in [0.2, 0.25) is 5.91 Å². The molecule has 3 rings (SSSR count). The van der Waals surface area contributed by atoms with Crippen molar-refractivity contribution >= 4 is 23.4 Å². The Morgan fingerprint density at radius 1 is 1.10 bits per heavy atom. The smallest absolute Gasteiger partial charge is 0.410 e. The Hall–Kier alpha value is -3.02. The molecule has 1 heterocycles. The van der Waals surface area contributed by atoms with E-state index in [0.29, 0.717) is 5.69 Å². The van der Waals surface area contributed by atoms with Crippen molar-refractivity contribution in [1.82, 2.24) is 4.90 Å². The number of para-hydroxylation sites is 1. The molecule has 0 unspecified atom stereocenters. The highest BCUT2D eigenvalue weighted by Gasteiger charge is 2.21. The molecule has 0 fully saturated rings. The van der Waals surface area contributed by atoms with Crippen molar-refractivity contribution < 1.29 is 14.3 Å². The molecule has 1 N–H and O–H groups in total. The van der Waals surface area contributed by atoms with Gasteiger partial charge in [0.25, 0.3) is 0 Å². The molecular weight excluding hydrogens is 366 g/mol. The van der Waals surface area contributed by atoms with Crippen molar-refractivity contribution in [2.45, 2.75) is 39.3 Å². The Kier molecular flexibility index (Phi) is 6.11. The average Bonchev–Trinajstić information content (AvgIpc) is 3.05. The Balaban J connectivity index is 1.52. The molecule has 154 valence electrons. The molecule has 0 spiro atoms. The van der Waals surface area contributed by atoms with Gasteiger partial charge in [-0.2, -0.15) is 0 Å². The average molecular weight is 396 g/mol. The highest BCUT2D eigenvalue weighted by Crippen LogP contribution is 2.29. The van der Waals surface area contributed by atoms with Gasteiger partial charge in [0, 0.05) is 31.5 Å². The van der Waals surface area contributed by atoms with Gasteiger partial charge in [-0.1, -0.05) is 30.3 Å². The van der Waals surface area contributed by atoms with E-state index in [1.807, 2.05) is 24.3 Å². The van der Waals surface area contributed by atoms with Crippen LogP contribution in [0.1, 0.15) is 31.9 Å². The highest BCUT2D eigenvalue weighted by atomic mass is 16.6. The van der Waals surface area contributed by atoms with Crippen molar-refractivity contribution in [2.75, 3.05) is 30.4 Å². The summed E-state index contributed by atoms with van der Waals surface area (Å²) in [6.45, 7) is 7.17. The molecule has 0 atom stereocenters. The van der Waals surface area contributed by atoms with Crippen LogP contribution in [0.15, 0.2) is 48.5 Å². The quantitative estimate of drug-likeness (QED) is 0.830. The van der Waals surface area contributed by atoms with Crippen LogP contribution in [0, 0.1) is 0 Å². The topological polar surface area (TPSA) is 61.9 Å². The van der Waals surface area contributed by atoms with Crippen molar-refractivity contribution in [2.24, 2.45) is 0 Å². The van der Waals surface area contributed by atoms with Crippen LogP contribution in [0.3, 0.4) is 0 Å². The maximum atomic E-state index is 12.2. The van der Waals surface area contributed by atoms with E-state index in [-0.39, 0.29) is 12.5 Å². The van der Waals surface area contributed by atoms with E-state index in [2.05, 4.69) is 34.5 Å². The zero-order chi connectivity index (χ0) is 21.0. The maximum Gasteiger partial charge on any atom is 0.410 e. The first-order chi connectivity index (χ1) is 13.7. The first kappa shape index (κ1) is 20.7. The van der Waals surface area contributed by atoms with E-state index >= 15 is 0 Å². The second-order valence-corrected chi connectivity index (χ2v) is 8.38. The number of rotatable bonds is 5. The molecule has 2 aromatic rings. The number of carbonyl (C=O) groups excluding carboxylic acids is 2. The summed E-state index contributed by atoms with van der Waals surface area (Å²) in [6.07, 6.45) is 0.559. The van der Waals surface area contributed by atoms with Crippen molar-refractivity contribution in [3.8, 4) is 0 Å². The van der Waals surface area contributed by atoms with Crippen molar-refractivity contribution in [3.63, 3.8) is 0 Å². The lowest BCUT2D eigenvalue weighted by Gasteiger charge is -2.24. The van der Waals surface area contributed by atoms with Crippen molar-refractivity contribution in [1.29, 1.82) is 0 Å². The van der Waals surface area contributed by atoms with Crippen LogP contribution >= 0.6 is 0 Å². The predicted octanol–water partition coefficient (Wildman–Crippen LogP) is 4.05. The predicted molar refractivity (Wildman–Crippen MR) is 115 cm³/mol. The lowest BCUT2D eigenvalue weighted by atomic mass is 10.1. The van der Waals surface area contributed by atoms with Crippen LogP contribution in [-0.2, 0) is 22.5 Å². The molecule has 0 aliphatic carbocycles. The van der Waals surface area contributed by atoms with E-state index in [0.717, 1.165) is 19.5 Å². The normalized spacial score (nSPS) is 13.0. The van der Waals surface area contributed by atoms with Crippen LogP contribution in [0.2, 0.25) is 0 Å². The number of ether oxygens (including phenoxy) is 1. The van der Waals surface area contributed by atoms with Gasteiger partial charge in [0.1, 0.15) is 12.1 Å². The fourth-order valence-corrected chi connectivity index (χ4v) is 3.31. The molecule has 0 aromatic heterocycles. The molecule has 1 aliphatic heterocycles. The van der Waals surface area contributed by atoms with Gasteiger partial charge < -0.3 is 19.9 Å². The van der Waals surface area contributed by atoms with Crippen LogP contribution in [0.4, 0.5) is 16.2 Å². The number of amides is 2. The van der Waals surface area contributed by atoms with Gasteiger partial charge in [-0.3, -0.25) is 4.79 Å². The molecule has 0 radical (unpaired) electrons. The zero-order valence-electron chi connectivity index (χ0n) is 17.6. The standard InChI is InChI=1S/C23H29N3O3/c1-23(2,3)29-22(28)25(4)16-21(27)24-19-11-9-17(10-12-19)15-26-14-13-18-7-5-6-8-20(18)26/h5-12H,13-16H2,1-4H3,(H,24,27). The third-order valence-electron chi connectivity index (χ3n) is 4.68. The van der Waals surface area contributed by atoms with Crippen molar-refractivity contribution in [3.05, 3.63) is 59.7 Å². The van der Waals surface area contributed by atoms with Crippen LogP contribution < -0.4 is 10.2 Å². The van der Waals surface area contributed by atoms with Crippen LogP contribution in [-0.4, -0.2) is 42.6 Å². The van der Waals surface area contributed by atoms with Gasteiger partial charge in [0.15, 0.2) is 0 Å². The van der Waals surface area contributed by atoms with Gasteiger partial charge in [-0.15, -0.1) is 0 Å². The van der Waals surface area contributed by atoms with E-state index < -0.39 is 11.7 Å². The number of nitrogens with zero attached hydrogens (tertiary/aromatic N) is 2. The molecule has 6 heteroatoms. The Morgan fingerprint density at radius 2 is 1.79 bits per heavy atom. The third kappa shape index (κ3) is 5.73. The number of carbonyl (C=O) groups is 2. The molecule has 2 aromatic carbocycles. The van der Waals surface area contributed by atoms with E-state index in [1.165, 1.54) is 21.7 Å². The van der Waals surface area contributed by atoms with E-state index in [4.69, 9.17) is 4.74 Å². The second kappa shape index (κ2) is 8.55. The molecular formula is C23H29N3O3. The summed E-state index contributed by atoms with van der Waals surface area (Å²) in [4.78, 5) is 27.8. The molecule has 29 heavy (non-hydrogen) atoms. The number of hydrogen-bond acceptors (Lipinski definition) is 4. The molecule has 2 amide bonds. The van der Waals surface area contributed by atoms with Crippen LogP contribution in [0.25, 0.3) is 0 Å². The Labute approximate surface area is 172 Å². The molecule has 0 saturated heterocycles. The minimum Gasteiger partial charge on any atom is -0.444 e. The summed E-state index contributed by atoms with van der Waals surface area (Å²) < 4.78 is 5.26. The zero-order valence-corrected chi connectivity index (χ0v) is 17.6. The summed E-state index contributed by atoms with van der Waals surface area (Å²) in [5.74, 6) is -0.264. The number of anilines is 2. The first-order valence-corrected chi connectivity index (χ1v) is 9.87. The SMILES string of the molecule is CN(CC(=O)Nc1ccc(CN2CCc3ccccc32)cc1)C(=O)OC(C)(C)C. The highest BCUT2D eigenvalue weighted by molar-refractivity contribution is 5.93. The number of fused-ring (bicyclic) bond motifs is 1. The Bertz CT molecular complexity index is 872. The van der Waals surface area contributed by atoms with Crippen LogP contribution in [0.5, 0.6) is 0 Å². The fraction of sp³-hybridized carbons (Fsp3) is 0.391. The summed E-state index contributed by atoms with van der Waals surface area (Å²) >= 11 is 0. The molecule has 1 aliphatic rings. The molecule has 6 nitrogen and oxygen atoms in total. The summed E-state index contributed by atoms with van der Waals surface area (Å²) in [7, 11) is 1.55. The number of nitrogens with one attached hydrogen (secondary N) is 1. The minimum absolute atomic E-state index is 0.0682. The summed E-state index contributed by atoms with van der Waals surface area (Å²) in [5, 5.41) is 2.83. The second-order valence-electron chi connectivity index (χ2n) is 8.38. The van der Waals surface area contributed by atoms with E-state index in [9.17, 15) is 9.59 Å². The molecule has 0 saturated carbocycles. The number of hydrogen-bond donors (Lipinski definition) is 1. The molecule has 0 bridgehead atoms. The van der Waals surface area contributed by atoms with Gasteiger partial charge >= 0.3 is 6.09 Å². The first-order valence-electron chi connectivity index (χ1n) is 9.87. The maximum absolute atomic E-state index is 12.2.